The number of hydrogen-bond acceptors (Lipinski definition) is 4. The Morgan fingerprint density at radius 3 is 2.91 bits per heavy atom. The summed E-state index contributed by atoms with van der Waals surface area (Å²) in [5.74, 6) is 0.937. The van der Waals surface area contributed by atoms with Crippen LogP contribution in [0.3, 0.4) is 0 Å². The molecule has 0 saturated carbocycles. The molecular weight excluding hydrogens is 292 g/mol. The first-order valence-electron chi connectivity index (χ1n) is 8.24. The van der Waals surface area contributed by atoms with Gasteiger partial charge in [0.25, 0.3) is 0 Å². The van der Waals surface area contributed by atoms with Crippen molar-refractivity contribution >= 4 is 5.91 Å². The molecule has 1 fully saturated rings. The van der Waals surface area contributed by atoms with Crippen LogP contribution in [0.2, 0.25) is 0 Å². The molecule has 1 aliphatic heterocycles. The Bertz CT molecular complexity index is 527. The van der Waals surface area contributed by atoms with Crippen molar-refractivity contribution in [3.8, 4) is 5.75 Å². The number of methoxy groups -OCH3 is 1. The molecule has 1 aromatic rings. The van der Waals surface area contributed by atoms with Gasteiger partial charge in [-0.05, 0) is 50.9 Å². The molecule has 0 aliphatic carbocycles. The summed E-state index contributed by atoms with van der Waals surface area (Å²) in [5.41, 5.74) is 2.28. The van der Waals surface area contributed by atoms with Crippen molar-refractivity contribution in [1.82, 2.24) is 10.2 Å². The number of rotatable bonds is 7. The van der Waals surface area contributed by atoms with Gasteiger partial charge < -0.3 is 14.8 Å². The molecule has 5 nitrogen and oxygen atoms in total. The molecule has 0 radical (unpaired) electrons. The van der Waals surface area contributed by atoms with Crippen molar-refractivity contribution in [2.45, 2.75) is 45.4 Å². The molecule has 0 spiro atoms. The van der Waals surface area contributed by atoms with Gasteiger partial charge in [-0.2, -0.15) is 0 Å². The topological polar surface area (TPSA) is 50.8 Å². The zero-order chi connectivity index (χ0) is 16.8. The summed E-state index contributed by atoms with van der Waals surface area (Å²) in [4.78, 5) is 14.3. The fourth-order valence-corrected chi connectivity index (χ4v) is 2.83. The minimum atomic E-state index is -0.182. The maximum atomic E-state index is 12.3. The SMILES string of the molecule is COc1ccc(CN(C)[C@@H](C)C(=O)NC[C@@H]2CCCO2)cc1C. The van der Waals surface area contributed by atoms with E-state index < -0.39 is 0 Å². The van der Waals surface area contributed by atoms with E-state index in [9.17, 15) is 4.79 Å². The number of hydrogen-bond donors (Lipinski definition) is 1. The first-order valence-corrected chi connectivity index (χ1v) is 8.24. The number of likely N-dealkylation sites (N-methyl/N-ethyl adjacent to an activating group) is 1. The largest absolute Gasteiger partial charge is 0.496 e. The van der Waals surface area contributed by atoms with Crippen LogP contribution in [0.15, 0.2) is 18.2 Å². The number of carbonyl (C=O) groups excluding carboxylic acids is 1. The van der Waals surface area contributed by atoms with Crippen LogP contribution in [-0.4, -0.2) is 50.3 Å². The fraction of sp³-hybridized carbons (Fsp3) is 0.611. The number of ether oxygens (including phenoxy) is 2. The van der Waals surface area contributed by atoms with Gasteiger partial charge >= 0.3 is 0 Å². The molecule has 0 unspecified atom stereocenters. The average Bonchev–Trinajstić information content (AvgIpc) is 3.05. The molecule has 5 heteroatoms. The summed E-state index contributed by atoms with van der Waals surface area (Å²) >= 11 is 0. The van der Waals surface area contributed by atoms with E-state index in [4.69, 9.17) is 9.47 Å². The predicted molar refractivity (Wildman–Crippen MR) is 90.6 cm³/mol. The van der Waals surface area contributed by atoms with Crippen LogP contribution in [0.5, 0.6) is 5.75 Å². The summed E-state index contributed by atoms with van der Waals surface area (Å²) in [6.07, 6.45) is 2.31. The third-order valence-corrected chi connectivity index (χ3v) is 4.46. The number of nitrogens with zero attached hydrogens (tertiary/aromatic N) is 1. The second kappa shape index (κ2) is 8.31. The zero-order valence-electron chi connectivity index (χ0n) is 14.6. The van der Waals surface area contributed by atoms with Gasteiger partial charge in [0.2, 0.25) is 5.91 Å². The molecule has 128 valence electrons. The highest BCUT2D eigenvalue weighted by molar-refractivity contribution is 5.81. The summed E-state index contributed by atoms with van der Waals surface area (Å²) in [6, 6.07) is 5.94. The number of aryl methyl sites for hydroxylation is 1. The lowest BCUT2D eigenvalue weighted by Gasteiger charge is -2.24. The third kappa shape index (κ3) is 4.94. The lowest BCUT2D eigenvalue weighted by Crippen LogP contribution is -2.45. The van der Waals surface area contributed by atoms with Crippen LogP contribution in [0.4, 0.5) is 0 Å². The lowest BCUT2D eigenvalue weighted by atomic mass is 10.1. The first-order chi connectivity index (χ1) is 11.0. The Labute approximate surface area is 139 Å². The molecule has 2 atom stereocenters. The van der Waals surface area contributed by atoms with Gasteiger partial charge in [0, 0.05) is 19.7 Å². The van der Waals surface area contributed by atoms with Crippen molar-refractivity contribution in [2.24, 2.45) is 0 Å². The highest BCUT2D eigenvalue weighted by atomic mass is 16.5. The second-order valence-electron chi connectivity index (χ2n) is 6.28. The Morgan fingerprint density at radius 1 is 1.52 bits per heavy atom. The van der Waals surface area contributed by atoms with Gasteiger partial charge in [-0.1, -0.05) is 12.1 Å². The molecule has 1 saturated heterocycles. The van der Waals surface area contributed by atoms with Crippen LogP contribution in [0.25, 0.3) is 0 Å². The Morgan fingerprint density at radius 2 is 2.30 bits per heavy atom. The van der Waals surface area contributed by atoms with Crippen LogP contribution < -0.4 is 10.1 Å². The van der Waals surface area contributed by atoms with E-state index in [2.05, 4.69) is 11.4 Å². The maximum Gasteiger partial charge on any atom is 0.237 e. The smallest absolute Gasteiger partial charge is 0.237 e. The van der Waals surface area contributed by atoms with Gasteiger partial charge in [0.1, 0.15) is 5.75 Å². The van der Waals surface area contributed by atoms with Crippen molar-refractivity contribution in [2.75, 3.05) is 27.3 Å². The highest BCUT2D eigenvalue weighted by Gasteiger charge is 2.21. The van der Waals surface area contributed by atoms with Gasteiger partial charge in [-0.25, -0.2) is 0 Å². The second-order valence-corrected chi connectivity index (χ2v) is 6.28. The molecular formula is C18H28N2O3. The molecule has 23 heavy (non-hydrogen) atoms. The van der Waals surface area contributed by atoms with Gasteiger partial charge in [0.15, 0.2) is 0 Å². The van der Waals surface area contributed by atoms with E-state index in [0.29, 0.717) is 6.54 Å². The maximum absolute atomic E-state index is 12.3. The molecule has 0 bridgehead atoms. The molecule has 1 N–H and O–H groups in total. The van der Waals surface area contributed by atoms with Crippen molar-refractivity contribution < 1.29 is 14.3 Å². The number of carbonyl (C=O) groups is 1. The van der Waals surface area contributed by atoms with Crippen molar-refractivity contribution in [3.63, 3.8) is 0 Å². The Balaban J connectivity index is 1.84. The standard InChI is InChI=1S/C18H28N2O3/c1-13-10-15(7-8-17(13)22-4)12-20(3)14(2)18(21)19-11-16-6-5-9-23-16/h7-8,10,14,16H,5-6,9,11-12H2,1-4H3,(H,19,21)/t14-,16-/m0/s1. The van der Waals surface area contributed by atoms with Gasteiger partial charge in [-0.15, -0.1) is 0 Å². The summed E-state index contributed by atoms with van der Waals surface area (Å²) in [7, 11) is 3.64. The lowest BCUT2D eigenvalue weighted by molar-refractivity contribution is -0.126. The Kier molecular flexibility index (Phi) is 6.42. The predicted octanol–water partition coefficient (Wildman–Crippen LogP) is 2.12. The van der Waals surface area contributed by atoms with Crippen LogP contribution >= 0.6 is 0 Å². The van der Waals surface area contributed by atoms with Crippen LogP contribution in [0, 0.1) is 6.92 Å². The van der Waals surface area contributed by atoms with E-state index in [1.165, 1.54) is 5.56 Å². The summed E-state index contributed by atoms with van der Waals surface area (Å²) in [6.45, 7) is 6.10. The number of nitrogens with one attached hydrogen (secondary N) is 1. The zero-order valence-corrected chi connectivity index (χ0v) is 14.6. The quantitative estimate of drug-likeness (QED) is 0.836. The third-order valence-electron chi connectivity index (χ3n) is 4.46. The van der Waals surface area contributed by atoms with E-state index >= 15 is 0 Å². The number of benzene rings is 1. The fourth-order valence-electron chi connectivity index (χ4n) is 2.83. The van der Waals surface area contributed by atoms with Crippen LogP contribution in [-0.2, 0) is 16.1 Å². The molecule has 0 aromatic heterocycles. The first kappa shape index (κ1) is 17.8. The minimum Gasteiger partial charge on any atom is -0.496 e. The van der Waals surface area contributed by atoms with Gasteiger partial charge in [-0.3, -0.25) is 9.69 Å². The average molecular weight is 320 g/mol. The van der Waals surface area contributed by atoms with Crippen molar-refractivity contribution in [3.05, 3.63) is 29.3 Å². The van der Waals surface area contributed by atoms with E-state index in [-0.39, 0.29) is 18.1 Å². The molecule has 1 amide bonds. The van der Waals surface area contributed by atoms with Crippen LogP contribution in [0.1, 0.15) is 30.9 Å². The molecule has 1 aromatic carbocycles. The van der Waals surface area contributed by atoms with E-state index in [0.717, 1.165) is 37.3 Å². The van der Waals surface area contributed by atoms with E-state index in [1.54, 1.807) is 7.11 Å². The van der Waals surface area contributed by atoms with Crippen molar-refractivity contribution in [1.29, 1.82) is 0 Å². The monoisotopic (exact) mass is 320 g/mol. The summed E-state index contributed by atoms with van der Waals surface area (Å²) in [5, 5.41) is 3.00. The normalized spacial score (nSPS) is 18.9. The number of amides is 1. The molecule has 1 heterocycles. The van der Waals surface area contributed by atoms with Gasteiger partial charge in [0.05, 0.1) is 19.3 Å². The summed E-state index contributed by atoms with van der Waals surface area (Å²) < 4.78 is 10.8. The minimum absolute atomic E-state index is 0.0493. The Hall–Kier alpha value is -1.59. The van der Waals surface area contributed by atoms with E-state index in [1.807, 2.05) is 37.9 Å². The highest BCUT2D eigenvalue weighted by Crippen LogP contribution is 2.19. The molecule has 1 aliphatic rings. The molecule has 2 rings (SSSR count).